The molecule has 0 fully saturated rings. The summed E-state index contributed by atoms with van der Waals surface area (Å²) >= 11 is 4.91. The molecule has 0 N–H and O–H groups in total. The smallest absolute Gasteiger partial charge is 0.282 e. The number of nitrogens with zero attached hydrogens (tertiary/aromatic N) is 4. The van der Waals surface area contributed by atoms with Gasteiger partial charge in [0.2, 0.25) is 11.6 Å². The Bertz CT molecular complexity index is 1540. The predicted molar refractivity (Wildman–Crippen MR) is 139 cm³/mol. The fourth-order valence-corrected chi connectivity index (χ4v) is 4.71. The van der Waals surface area contributed by atoms with E-state index in [0.29, 0.717) is 21.9 Å². The van der Waals surface area contributed by atoms with Crippen molar-refractivity contribution in [1.29, 1.82) is 0 Å². The number of aromatic nitrogens is 1. The van der Waals surface area contributed by atoms with Crippen LogP contribution in [0.3, 0.4) is 0 Å². The fourth-order valence-electron chi connectivity index (χ4n) is 3.60. The molecule has 8 nitrogen and oxygen atoms in total. The Morgan fingerprint density at radius 1 is 1.11 bits per heavy atom. The summed E-state index contributed by atoms with van der Waals surface area (Å²) in [6.45, 7) is 4.10. The van der Waals surface area contributed by atoms with Crippen LogP contribution in [0.15, 0.2) is 74.5 Å². The lowest BCUT2D eigenvalue weighted by Crippen LogP contribution is -2.12. The first-order valence-corrected chi connectivity index (χ1v) is 12.3. The summed E-state index contributed by atoms with van der Waals surface area (Å²) in [5.41, 5.74) is 4.99. The van der Waals surface area contributed by atoms with Gasteiger partial charge in [-0.2, -0.15) is 5.10 Å². The molecular formula is C25H19BrN4O4S. The normalized spacial score (nSPS) is 13.1. The molecule has 0 spiro atoms. The summed E-state index contributed by atoms with van der Waals surface area (Å²) in [5.74, 6) is 0.791. The van der Waals surface area contributed by atoms with Crippen molar-refractivity contribution in [3.05, 3.63) is 96.1 Å². The average molecular weight is 551 g/mol. The van der Waals surface area contributed by atoms with Crippen molar-refractivity contribution in [2.75, 3.05) is 6.79 Å². The number of benzene rings is 3. The topological polar surface area (TPSA) is 91.2 Å². The van der Waals surface area contributed by atoms with Crippen molar-refractivity contribution in [2.45, 2.75) is 13.8 Å². The summed E-state index contributed by atoms with van der Waals surface area (Å²) in [7, 11) is 0. The Morgan fingerprint density at radius 3 is 2.60 bits per heavy atom. The number of hydrogen-bond donors (Lipinski definition) is 0. The Hall–Kier alpha value is -3.76. The number of hydrogen-bond acceptors (Lipinski definition) is 7. The number of nitro groups is 1. The van der Waals surface area contributed by atoms with Gasteiger partial charge in [0, 0.05) is 15.4 Å². The maximum absolute atomic E-state index is 11.7. The molecule has 4 aromatic rings. The van der Waals surface area contributed by atoms with Gasteiger partial charge in [-0.05, 0) is 49.2 Å². The number of thiazole rings is 1. The van der Waals surface area contributed by atoms with E-state index in [1.54, 1.807) is 10.7 Å². The van der Waals surface area contributed by atoms with E-state index in [9.17, 15) is 10.1 Å². The van der Waals surface area contributed by atoms with Gasteiger partial charge in [-0.3, -0.25) is 10.1 Å². The van der Waals surface area contributed by atoms with Crippen LogP contribution in [-0.2, 0) is 0 Å². The van der Waals surface area contributed by atoms with Crippen molar-refractivity contribution in [3.63, 3.8) is 0 Å². The third-order valence-electron chi connectivity index (χ3n) is 5.65. The highest BCUT2D eigenvalue weighted by Crippen LogP contribution is 2.37. The molecule has 10 heteroatoms. The summed E-state index contributed by atoms with van der Waals surface area (Å²) in [4.78, 5) is 16.7. The van der Waals surface area contributed by atoms with E-state index < -0.39 is 4.92 Å². The van der Waals surface area contributed by atoms with Gasteiger partial charge >= 0.3 is 0 Å². The van der Waals surface area contributed by atoms with E-state index in [4.69, 9.17) is 14.5 Å². The van der Waals surface area contributed by atoms with Crippen LogP contribution in [-0.4, -0.2) is 22.6 Å². The van der Waals surface area contributed by atoms with Crippen molar-refractivity contribution >= 4 is 44.9 Å². The molecule has 1 aliphatic heterocycles. The van der Waals surface area contributed by atoms with E-state index in [1.165, 1.54) is 23.6 Å². The van der Waals surface area contributed by atoms with Crippen LogP contribution < -0.4 is 14.3 Å². The van der Waals surface area contributed by atoms with E-state index in [1.807, 2.05) is 61.7 Å². The van der Waals surface area contributed by atoms with E-state index >= 15 is 0 Å². The Balaban J connectivity index is 1.67. The molecule has 2 heterocycles. The van der Waals surface area contributed by atoms with Gasteiger partial charge in [0.1, 0.15) is 0 Å². The van der Waals surface area contributed by atoms with E-state index in [0.717, 1.165) is 32.5 Å². The number of fused-ring (bicyclic) bond motifs is 1. The monoisotopic (exact) mass is 550 g/mol. The van der Waals surface area contributed by atoms with Crippen molar-refractivity contribution in [2.24, 2.45) is 10.1 Å². The summed E-state index contributed by atoms with van der Waals surface area (Å²) in [5, 5.41) is 18.3. The second kappa shape index (κ2) is 9.47. The number of ether oxygens (including phenoxy) is 2. The zero-order valence-electron chi connectivity index (χ0n) is 18.8. The molecule has 0 radical (unpaired) electrons. The molecule has 1 aliphatic rings. The molecule has 0 atom stereocenters. The van der Waals surface area contributed by atoms with Crippen molar-refractivity contribution in [1.82, 2.24) is 4.68 Å². The molecule has 0 saturated heterocycles. The molecule has 0 bridgehead atoms. The average Bonchev–Trinajstić information content (AvgIpc) is 3.47. The zero-order valence-corrected chi connectivity index (χ0v) is 21.2. The van der Waals surface area contributed by atoms with Crippen LogP contribution in [0.4, 0.5) is 11.4 Å². The first-order chi connectivity index (χ1) is 16.9. The molecule has 0 unspecified atom stereocenters. The molecular weight excluding hydrogens is 532 g/mol. The number of rotatable bonds is 5. The third-order valence-corrected chi connectivity index (χ3v) is 6.99. The lowest BCUT2D eigenvalue weighted by atomic mass is 10.1. The minimum Gasteiger partial charge on any atom is -0.454 e. The maximum Gasteiger partial charge on any atom is 0.282 e. The number of halogens is 1. The van der Waals surface area contributed by atoms with Gasteiger partial charge in [-0.25, -0.2) is 9.67 Å². The molecule has 1 aromatic heterocycles. The van der Waals surface area contributed by atoms with Crippen molar-refractivity contribution in [3.8, 4) is 22.8 Å². The molecule has 0 saturated carbocycles. The van der Waals surface area contributed by atoms with Crippen LogP contribution in [0, 0.1) is 24.0 Å². The molecule has 176 valence electrons. The lowest BCUT2D eigenvalue weighted by molar-refractivity contribution is -0.385. The summed E-state index contributed by atoms with van der Waals surface area (Å²) < 4.78 is 13.4. The largest absolute Gasteiger partial charge is 0.454 e. The second-order valence-corrected chi connectivity index (χ2v) is 9.57. The second-order valence-electron chi connectivity index (χ2n) is 7.82. The Kier molecular flexibility index (Phi) is 6.23. The van der Waals surface area contributed by atoms with Crippen molar-refractivity contribution < 1.29 is 14.4 Å². The quantitative estimate of drug-likeness (QED) is 0.164. The van der Waals surface area contributed by atoms with E-state index in [2.05, 4.69) is 21.0 Å². The first kappa shape index (κ1) is 23.0. The summed E-state index contributed by atoms with van der Waals surface area (Å²) in [6, 6.07) is 16.7. The summed E-state index contributed by atoms with van der Waals surface area (Å²) in [6.07, 6.45) is 1.46. The number of nitro benzene ring substituents is 1. The van der Waals surface area contributed by atoms with Crippen LogP contribution in [0.1, 0.15) is 16.7 Å². The zero-order chi connectivity index (χ0) is 24.5. The standard InChI is InChI=1S/C25H19BrN4O4S/c1-15-4-3-5-20(16(15)2)28-25-29(22(13-35-25)17-6-8-19(26)9-7-17)27-12-18-10-23-24(34-14-33-23)11-21(18)30(31)32/h3-13H,14H2,1-2H3. The molecule has 5 rings (SSSR count). The highest BCUT2D eigenvalue weighted by Gasteiger charge is 2.22. The maximum atomic E-state index is 11.7. The minimum absolute atomic E-state index is 0.0267. The Morgan fingerprint density at radius 2 is 1.86 bits per heavy atom. The van der Waals surface area contributed by atoms with Gasteiger partial charge in [-0.1, -0.05) is 40.2 Å². The first-order valence-electron chi connectivity index (χ1n) is 10.6. The van der Waals surface area contributed by atoms with Crippen LogP contribution in [0.5, 0.6) is 11.5 Å². The molecule has 35 heavy (non-hydrogen) atoms. The lowest BCUT2D eigenvalue weighted by Gasteiger charge is -2.06. The van der Waals surface area contributed by atoms with Crippen LogP contribution in [0.25, 0.3) is 11.3 Å². The van der Waals surface area contributed by atoms with Crippen LogP contribution in [0.2, 0.25) is 0 Å². The van der Waals surface area contributed by atoms with Crippen LogP contribution >= 0.6 is 27.3 Å². The minimum atomic E-state index is -0.460. The molecule has 0 aliphatic carbocycles. The predicted octanol–water partition coefficient (Wildman–Crippen LogP) is 6.35. The number of aryl methyl sites for hydroxylation is 1. The fraction of sp³-hybridized carbons (Fsp3) is 0.120. The van der Waals surface area contributed by atoms with Gasteiger partial charge in [0.25, 0.3) is 5.69 Å². The SMILES string of the molecule is Cc1cccc(N=c2scc(-c3ccc(Br)cc3)n2N=Cc2cc3c(cc2[N+](=O)[O-])OCO3)c1C. The highest BCUT2D eigenvalue weighted by atomic mass is 79.9. The van der Waals surface area contributed by atoms with Gasteiger partial charge in [0.05, 0.1) is 34.1 Å². The van der Waals surface area contributed by atoms with E-state index in [-0.39, 0.29) is 12.5 Å². The molecule has 3 aromatic carbocycles. The molecule has 0 amide bonds. The Labute approximate surface area is 213 Å². The van der Waals surface area contributed by atoms with Gasteiger partial charge in [0.15, 0.2) is 11.5 Å². The highest BCUT2D eigenvalue weighted by molar-refractivity contribution is 9.10. The third kappa shape index (κ3) is 4.62. The van der Waals surface area contributed by atoms with Gasteiger partial charge in [-0.15, -0.1) is 11.3 Å². The van der Waals surface area contributed by atoms with Gasteiger partial charge < -0.3 is 9.47 Å².